The van der Waals surface area contributed by atoms with Gasteiger partial charge in [-0.25, -0.2) is 0 Å². The Morgan fingerprint density at radius 2 is 1.47 bits per heavy atom. The van der Waals surface area contributed by atoms with Crippen molar-refractivity contribution >= 4 is 0 Å². The average molecular weight is 237 g/mol. The first-order chi connectivity index (χ1) is 7.51. The summed E-state index contributed by atoms with van der Waals surface area (Å²) in [5.41, 5.74) is 0.345. The molecule has 0 amide bonds. The van der Waals surface area contributed by atoms with E-state index >= 15 is 0 Å². The van der Waals surface area contributed by atoms with E-state index in [1.807, 2.05) is 0 Å². The molecule has 0 aliphatic rings. The molecule has 17 heavy (non-hydrogen) atoms. The zero-order valence-corrected chi connectivity index (χ0v) is 13.1. The Kier molecular flexibility index (Phi) is 6.27. The molecule has 0 aliphatic heterocycles. The van der Waals surface area contributed by atoms with Gasteiger partial charge in [0, 0.05) is 17.4 Å². The third-order valence-corrected chi connectivity index (χ3v) is 2.81. The lowest BCUT2D eigenvalue weighted by atomic mass is 9.91. The van der Waals surface area contributed by atoms with Gasteiger partial charge in [-0.15, -0.1) is 5.92 Å². The lowest BCUT2D eigenvalue weighted by Gasteiger charge is -2.26. The van der Waals surface area contributed by atoms with E-state index in [0.29, 0.717) is 11.8 Å². The van der Waals surface area contributed by atoms with Crippen molar-refractivity contribution in [1.82, 2.24) is 5.32 Å². The highest BCUT2D eigenvalue weighted by atomic mass is 14.9. The summed E-state index contributed by atoms with van der Waals surface area (Å²) in [6, 6.07) is 0. The quantitative estimate of drug-likeness (QED) is 0.726. The van der Waals surface area contributed by atoms with Crippen molar-refractivity contribution in [2.45, 2.75) is 67.3 Å². The van der Waals surface area contributed by atoms with E-state index in [2.05, 4.69) is 72.5 Å². The minimum absolute atomic E-state index is 0.132. The lowest BCUT2D eigenvalue weighted by Crippen LogP contribution is -2.39. The molecular formula is C16H31N. The van der Waals surface area contributed by atoms with Crippen LogP contribution in [0.15, 0.2) is 0 Å². The summed E-state index contributed by atoms with van der Waals surface area (Å²) in [6.07, 6.45) is 1.00. The van der Waals surface area contributed by atoms with Crippen molar-refractivity contribution in [2.75, 3.05) is 6.54 Å². The number of nitrogens with one attached hydrogen (secondary N) is 1. The molecule has 0 aromatic carbocycles. The highest BCUT2D eigenvalue weighted by Crippen LogP contribution is 2.16. The molecular weight excluding hydrogens is 206 g/mol. The SMILES string of the molecule is CC(CC#CC(C)(C)C)C(C)CNC(C)(C)C. The van der Waals surface area contributed by atoms with Gasteiger partial charge in [0.15, 0.2) is 0 Å². The molecule has 2 atom stereocenters. The molecule has 0 aromatic heterocycles. The molecule has 0 fully saturated rings. The second-order valence-corrected chi connectivity index (χ2v) is 7.34. The lowest BCUT2D eigenvalue weighted by molar-refractivity contribution is 0.322. The molecule has 0 spiro atoms. The minimum atomic E-state index is 0.132. The Morgan fingerprint density at radius 3 is 1.88 bits per heavy atom. The molecule has 100 valence electrons. The second kappa shape index (κ2) is 6.45. The van der Waals surface area contributed by atoms with Crippen LogP contribution in [-0.2, 0) is 0 Å². The molecule has 2 unspecified atom stereocenters. The van der Waals surface area contributed by atoms with Crippen LogP contribution in [0.4, 0.5) is 0 Å². The van der Waals surface area contributed by atoms with Gasteiger partial charge in [-0.2, -0.15) is 0 Å². The molecule has 1 heteroatoms. The maximum Gasteiger partial charge on any atom is 0.0230 e. The molecule has 0 radical (unpaired) electrons. The number of hydrogen-bond acceptors (Lipinski definition) is 1. The molecule has 0 aliphatic carbocycles. The van der Waals surface area contributed by atoms with E-state index in [-0.39, 0.29) is 11.0 Å². The van der Waals surface area contributed by atoms with Crippen molar-refractivity contribution in [3.8, 4) is 11.8 Å². The van der Waals surface area contributed by atoms with Crippen molar-refractivity contribution in [2.24, 2.45) is 17.3 Å². The fourth-order valence-electron chi connectivity index (χ4n) is 1.35. The zero-order valence-electron chi connectivity index (χ0n) is 13.1. The van der Waals surface area contributed by atoms with E-state index in [0.717, 1.165) is 13.0 Å². The molecule has 0 aromatic rings. The Morgan fingerprint density at radius 1 is 0.941 bits per heavy atom. The summed E-state index contributed by atoms with van der Waals surface area (Å²) < 4.78 is 0. The van der Waals surface area contributed by atoms with Gasteiger partial charge in [0.2, 0.25) is 0 Å². The third kappa shape index (κ3) is 10.4. The van der Waals surface area contributed by atoms with Crippen LogP contribution in [0.3, 0.4) is 0 Å². The maximum absolute atomic E-state index is 3.56. The van der Waals surface area contributed by atoms with Crippen LogP contribution >= 0.6 is 0 Å². The van der Waals surface area contributed by atoms with Gasteiger partial charge in [-0.1, -0.05) is 19.8 Å². The fraction of sp³-hybridized carbons (Fsp3) is 0.875. The molecule has 0 rings (SSSR count). The highest BCUT2D eigenvalue weighted by Gasteiger charge is 2.15. The summed E-state index contributed by atoms with van der Waals surface area (Å²) >= 11 is 0. The monoisotopic (exact) mass is 237 g/mol. The molecule has 1 N–H and O–H groups in total. The highest BCUT2D eigenvalue weighted by molar-refractivity contribution is 5.07. The minimum Gasteiger partial charge on any atom is -0.312 e. The average Bonchev–Trinajstić information content (AvgIpc) is 2.10. The molecule has 0 heterocycles. The number of hydrogen-bond donors (Lipinski definition) is 1. The van der Waals surface area contributed by atoms with Crippen LogP contribution in [0.2, 0.25) is 0 Å². The van der Waals surface area contributed by atoms with E-state index in [9.17, 15) is 0 Å². The molecule has 0 saturated carbocycles. The van der Waals surface area contributed by atoms with Crippen molar-refractivity contribution < 1.29 is 0 Å². The van der Waals surface area contributed by atoms with Crippen LogP contribution in [0.1, 0.15) is 61.8 Å². The Bertz CT molecular complexity index is 267. The van der Waals surface area contributed by atoms with Crippen molar-refractivity contribution in [1.29, 1.82) is 0 Å². The van der Waals surface area contributed by atoms with Gasteiger partial charge in [0.1, 0.15) is 0 Å². The fourth-order valence-corrected chi connectivity index (χ4v) is 1.35. The first-order valence-electron chi connectivity index (χ1n) is 6.76. The van der Waals surface area contributed by atoms with Gasteiger partial charge in [-0.3, -0.25) is 0 Å². The number of rotatable bonds is 4. The van der Waals surface area contributed by atoms with Crippen molar-refractivity contribution in [3.63, 3.8) is 0 Å². The van der Waals surface area contributed by atoms with Crippen LogP contribution < -0.4 is 5.32 Å². The second-order valence-electron chi connectivity index (χ2n) is 7.34. The predicted octanol–water partition coefficient (Wildman–Crippen LogP) is 4.09. The van der Waals surface area contributed by atoms with E-state index in [4.69, 9.17) is 0 Å². The summed E-state index contributed by atoms with van der Waals surface area (Å²) in [5, 5.41) is 3.56. The van der Waals surface area contributed by atoms with Crippen LogP contribution in [-0.4, -0.2) is 12.1 Å². The third-order valence-electron chi connectivity index (χ3n) is 2.81. The topological polar surface area (TPSA) is 12.0 Å². The standard InChI is InChI=1S/C16H31N/c1-13(10-9-11-15(3,4)5)14(2)12-17-16(6,7)8/h13-14,17H,10,12H2,1-8H3. The normalized spacial score (nSPS) is 16.0. The zero-order chi connectivity index (χ0) is 13.7. The largest absolute Gasteiger partial charge is 0.312 e. The Labute approximate surface area is 109 Å². The Balaban J connectivity index is 4.05. The molecule has 0 saturated heterocycles. The van der Waals surface area contributed by atoms with Gasteiger partial charge in [0.05, 0.1) is 0 Å². The maximum atomic E-state index is 3.56. The summed E-state index contributed by atoms with van der Waals surface area (Å²) in [4.78, 5) is 0. The van der Waals surface area contributed by atoms with Gasteiger partial charge >= 0.3 is 0 Å². The van der Waals surface area contributed by atoms with Crippen LogP contribution in [0.5, 0.6) is 0 Å². The predicted molar refractivity (Wildman–Crippen MR) is 77.9 cm³/mol. The summed E-state index contributed by atoms with van der Waals surface area (Å²) in [7, 11) is 0. The van der Waals surface area contributed by atoms with Crippen LogP contribution in [0.25, 0.3) is 0 Å². The van der Waals surface area contributed by atoms with E-state index < -0.39 is 0 Å². The first-order valence-corrected chi connectivity index (χ1v) is 6.76. The first kappa shape index (κ1) is 16.5. The van der Waals surface area contributed by atoms with E-state index in [1.54, 1.807) is 0 Å². The van der Waals surface area contributed by atoms with Crippen LogP contribution in [0, 0.1) is 29.1 Å². The molecule has 0 bridgehead atoms. The van der Waals surface area contributed by atoms with E-state index in [1.165, 1.54) is 0 Å². The Hall–Kier alpha value is -0.480. The van der Waals surface area contributed by atoms with Gasteiger partial charge in [-0.05, 0) is 59.9 Å². The van der Waals surface area contributed by atoms with Gasteiger partial charge in [0.25, 0.3) is 0 Å². The summed E-state index contributed by atoms with van der Waals surface area (Å²) in [6.45, 7) is 18.8. The van der Waals surface area contributed by atoms with Crippen molar-refractivity contribution in [3.05, 3.63) is 0 Å². The smallest absolute Gasteiger partial charge is 0.0230 e. The van der Waals surface area contributed by atoms with Gasteiger partial charge < -0.3 is 5.32 Å². The molecule has 1 nitrogen and oxygen atoms in total. The summed E-state index contributed by atoms with van der Waals surface area (Å²) in [5.74, 6) is 7.96.